The lowest BCUT2D eigenvalue weighted by atomic mass is 10.0. The van der Waals surface area contributed by atoms with Gasteiger partial charge in [0.2, 0.25) is 17.6 Å². The van der Waals surface area contributed by atoms with Crippen molar-refractivity contribution in [3.63, 3.8) is 0 Å². The van der Waals surface area contributed by atoms with Crippen molar-refractivity contribution in [3.05, 3.63) is 30.2 Å². The van der Waals surface area contributed by atoms with Crippen molar-refractivity contribution in [3.8, 4) is 17.1 Å². The molecular formula is C18H21N3O3. The van der Waals surface area contributed by atoms with E-state index < -0.39 is 0 Å². The molecule has 0 unspecified atom stereocenters. The first-order valence-electron chi connectivity index (χ1n) is 8.55. The van der Waals surface area contributed by atoms with Gasteiger partial charge in [0.1, 0.15) is 11.8 Å². The quantitative estimate of drug-likeness (QED) is 0.862. The number of nitrogens with zero attached hydrogens (tertiary/aromatic N) is 3. The van der Waals surface area contributed by atoms with Crippen LogP contribution in [-0.2, 0) is 4.79 Å². The maximum Gasteiger partial charge on any atom is 0.249 e. The Morgan fingerprint density at radius 3 is 2.96 bits per heavy atom. The van der Waals surface area contributed by atoms with E-state index in [1.807, 2.05) is 29.2 Å². The number of carbonyl (C=O) groups is 1. The highest BCUT2D eigenvalue weighted by atomic mass is 16.5. The SMILES string of the molecule is COc1cccc(-c2noc([C@H]3CCCCN3C(=O)C3CC3)n2)c1. The van der Waals surface area contributed by atoms with Gasteiger partial charge in [-0.1, -0.05) is 17.3 Å². The van der Waals surface area contributed by atoms with Gasteiger partial charge < -0.3 is 14.2 Å². The molecule has 2 aromatic rings. The van der Waals surface area contributed by atoms with Crippen LogP contribution in [0.5, 0.6) is 5.75 Å². The van der Waals surface area contributed by atoms with Gasteiger partial charge in [0.05, 0.1) is 7.11 Å². The van der Waals surface area contributed by atoms with E-state index in [0.717, 1.165) is 50.0 Å². The minimum atomic E-state index is -0.0845. The van der Waals surface area contributed by atoms with Crippen molar-refractivity contribution in [1.29, 1.82) is 0 Å². The minimum Gasteiger partial charge on any atom is -0.497 e. The largest absolute Gasteiger partial charge is 0.497 e. The Balaban J connectivity index is 1.59. The zero-order valence-electron chi connectivity index (χ0n) is 13.8. The molecule has 1 amide bonds. The van der Waals surface area contributed by atoms with Crippen LogP contribution in [0.4, 0.5) is 0 Å². The summed E-state index contributed by atoms with van der Waals surface area (Å²) in [5, 5.41) is 4.11. The Morgan fingerprint density at radius 2 is 2.17 bits per heavy atom. The molecule has 6 nitrogen and oxygen atoms in total. The van der Waals surface area contributed by atoms with E-state index in [2.05, 4.69) is 10.1 Å². The van der Waals surface area contributed by atoms with Gasteiger partial charge in [-0.25, -0.2) is 0 Å². The monoisotopic (exact) mass is 327 g/mol. The van der Waals surface area contributed by atoms with Crippen molar-refractivity contribution in [1.82, 2.24) is 15.0 Å². The standard InChI is InChI=1S/C18H21N3O3/c1-23-14-6-4-5-13(11-14)16-19-17(24-20-16)15-7-2-3-10-21(15)18(22)12-8-9-12/h4-6,11-12,15H,2-3,7-10H2,1H3/t15-/m1/s1. The first-order valence-corrected chi connectivity index (χ1v) is 8.55. The van der Waals surface area contributed by atoms with Crippen molar-refractivity contribution < 1.29 is 14.1 Å². The van der Waals surface area contributed by atoms with Gasteiger partial charge >= 0.3 is 0 Å². The zero-order valence-corrected chi connectivity index (χ0v) is 13.8. The number of rotatable bonds is 4. The van der Waals surface area contributed by atoms with Crippen LogP contribution in [0.2, 0.25) is 0 Å². The van der Waals surface area contributed by atoms with E-state index in [-0.39, 0.29) is 17.9 Å². The number of ether oxygens (including phenoxy) is 1. The van der Waals surface area contributed by atoms with Gasteiger partial charge in [0, 0.05) is 18.0 Å². The molecule has 6 heteroatoms. The topological polar surface area (TPSA) is 68.5 Å². The van der Waals surface area contributed by atoms with Crippen LogP contribution in [-0.4, -0.2) is 34.6 Å². The predicted octanol–water partition coefficient (Wildman–Crippen LogP) is 3.21. The number of hydrogen-bond donors (Lipinski definition) is 0. The Hall–Kier alpha value is -2.37. The minimum absolute atomic E-state index is 0.0845. The predicted molar refractivity (Wildman–Crippen MR) is 87.3 cm³/mol. The molecule has 1 saturated carbocycles. The molecule has 0 spiro atoms. The molecule has 0 radical (unpaired) electrons. The molecule has 0 N–H and O–H groups in total. The summed E-state index contributed by atoms with van der Waals surface area (Å²) in [6.07, 6.45) is 5.04. The van der Waals surface area contributed by atoms with Gasteiger partial charge in [0.15, 0.2) is 0 Å². The highest BCUT2D eigenvalue weighted by Crippen LogP contribution is 2.38. The Morgan fingerprint density at radius 1 is 1.29 bits per heavy atom. The average Bonchev–Trinajstić information content (AvgIpc) is 3.38. The van der Waals surface area contributed by atoms with E-state index in [1.54, 1.807) is 7.11 Å². The van der Waals surface area contributed by atoms with E-state index in [4.69, 9.17) is 9.26 Å². The van der Waals surface area contributed by atoms with Gasteiger partial charge in [-0.2, -0.15) is 4.98 Å². The third kappa shape index (κ3) is 2.88. The van der Waals surface area contributed by atoms with Gasteiger partial charge in [-0.05, 0) is 44.2 Å². The Bertz CT molecular complexity index is 739. The van der Waals surface area contributed by atoms with Crippen molar-refractivity contribution >= 4 is 5.91 Å². The molecule has 24 heavy (non-hydrogen) atoms. The van der Waals surface area contributed by atoms with E-state index >= 15 is 0 Å². The fraction of sp³-hybridized carbons (Fsp3) is 0.500. The number of methoxy groups -OCH3 is 1. The number of benzene rings is 1. The number of piperidine rings is 1. The van der Waals surface area contributed by atoms with Crippen LogP contribution in [0.1, 0.15) is 44.0 Å². The fourth-order valence-electron chi connectivity index (χ4n) is 3.27. The number of likely N-dealkylation sites (tertiary alicyclic amines) is 1. The molecule has 2 aliphatic rings. The van der Waals surface area contributed by atoms with Crippen LogP contribution in [0.25, 0.3) is 11.4 Å². The van der Waals surface area contributed by atoms with Crippen molar-refractivity contribution in [2.45, 2.75) is 38.1 Å². The number of aromatic nitrogens is 2. The van der Waals surface area contributed by atoms with Gasteiger partial charge in [-0.3, -0.25) is 4.79 Å². The third-order valence-corrected chi connectivity index (χ3v) is 4.77. The number of hydrogen-bond acceptors (Lipinski definition) is 5. The van der Waals surface area contributed by atoms with Gasteiger partial charge in [0.25, 0.3) is 0 Å². The molecule has 0 bridgehead atoms. The summed E-state index contributed by atoms with van der Waals surface area (Å²) >= 11 is 0. The molecular weight excluding hydrogens is 306 g/mol. The first kappa shape index (κ1) is 15.2. The van der Waals surface area contributed by atoms with Gasteiger partial charge in [-0.15, -0.1) is 0 Å². The average molecular weight is 327 g/mol. The number of amides is 1. The normalized spacial score (nSPS) is 20.9. The molecule has 126 valence electrons. The van der Waals surface area contributed by atoms with Crippen LogP contribution in [0.15, 0.2) is 28.8 Å². The Kier molecular flexibility index (Phi) is 3.96. The molecule has 4 rings (SSSR count). The lowest BCUT2D eigenvalue weighted by Gasteiger charge is -2.33. The second kappa shape index (κ2) is 6.26. The van der Waals surface area contributed by atoms with E-state index in [9.17, 15) is 4.79 Å². The zero-order chi connectivity index (χ0) is 16.5. The molecule has 2 fully saturated rings. The molecule has 1 atom stereocenters. The lowest BCUT2D eigenvalue weighted by Crippen LogP contribution is -2.39. The molecule has 2 heterocycles. The Labute approximate surface area is 140 Å². The smallest absolute Gasteiger partial charge is 0.249 e. The molecule has 1 aliphatic carbocycles. The summed E-state index contributed by atoms with van der Waals surface area (Å²) in [5.41, 5.74) is 0.847. The highest BCUT2D eigenvalue weighted by molar-refractivity contribution is 5.81. The number of carbonyl (C=O) groups excluding carboxylic acids is 1. The van der Waals surface area contributed by atoms with E-state index in [1.165, 1.54) is 0 Å². The fourth-order valence-corrected chi connectivity index (χ4v) is 3.27. The summed E-state index contributed by atoms with van der Waals surface area (Å²) in [7, 11) is 1.63. The summed E-state index contributed by atoms with van der Waals surface area (Å²) < 4.78 is 10.8. The van der Waals surface area contributed by atoms with Crippen LogP contribution in [0.3, 0.4) is 0 Å². The lowest BCUT2D eigenvalue weighted by molar-refractivity contribution is -0.137. The third-order valence-electron chi connectivity index (χ3n) is 4.77. The summed E-state index contributed by atoms with van der Waals surface area (Å²) in [5.74, 6) is 2.30. The maximum atomic E-state index is 12.5. The van der Waals surface area contributed by atoms with Crippen LogP contribution >= 0.6 is 0 Å². The molecule has 1 saturated heterocycles. The summed E-state index contributed by atoms with van der Waals surface area (Å²) in [4.78, 5) is 19.0. The van der Waals surface area contributed by atoms with Crippen LogP contribution < -0.4 is 4.74 Å². The second-order valence-corrected chi connectivity index (χ2v) is 6.51. The summed E-state index contributed by atoms with van der Waals surface area (Å²) in [6.45, 7) is 0.789. The van der Waals surface area contributed by atoms with Crippen molar-refractivity contribution in [2.75, 3.05) is 13.7 Å². The first-order chi connectivity index (χ1) is 11.8. The second-order valence-electron chi connectivity index (χ2n) is 6.51. The van der Waals surface area contributed by atoms with Crippen molar-refractivity contribution in [2.24, 2.45) is 5.92 Å². The summed E-state index contributed by atoms with van der Waals surface area (Å²) in [6, 6.07) is 7.49. The molecule has 1 aliphatic heterocycles. The molecule has 1 aromatic carbocycles. The van der Waals surface area contributed by atoms with E-state index in [0.29, 0.717) is 11.7 Å². The maximum absolute atomic E-state index is 12.5. The highest BCUT2D eigenvalue weighted by Gasteiger charge is 2.39. The molecule has 1 aromatic heterocycles. The van der Waals surface area contributed by atoms with Crippen LogP contribution in [0, 0.1) is 5.92 Å².